The van der Waals surface area contributed by atoms with E-state index in [1.807, 2.05) is 29.2 Å². The Labute approximate surface area is 109 Å². The molecule has 1 saturated heterocycles. The summed E-state index contributed by atoms with van der Waals surface area (Å²) < 4.78 is 0. The standard InChI is InChI=1S/C15H22N2O/c1-11-3-5-13(6-4-11)8-15(18)17-9-12(2)7-14(16)10-17/h3-6,12,14H,7-10,16H2,1-2H3. The van der Waals surface area contributed by atoms with Crippen LogP contribution in [0.25, 0.3) is 0 Å². The third-order valence-corrected chi connectivity index (χ3v) is 3.52. The maximum atomic E-state index is 12.2. The maximum absolute atomic E-state index is 12.2. The number of likely N-dealkylation sites (tertiary alicyclic amines) is 1. The molecule has 1 heterocycles. The van der Waals surface area contributed by atoms with Crippen LogP contribution in [0.1, 0.15) is 24.5 Å². The van der Waals surface area contributed by atoms with Crippen LogP contribution < -0.4 is 5.73 Å². The summed E-state index contributed by atoms with van der Waals surface area (Å²) in [4.78, 5) is 14.1. The van der Waals surface area contributed by atoms with Gasteiger partial charge in [-0.1, -0.05) is 36.8 Å². The summed E-state index contributed by atoms with van der Waals surface area (Å²) in [5.74, 6) is 0.705. The molecule has 3 heteroatoms. The van der Waals surface area contributed by atoms with Crippen molar-refractivity contribution in [2.75, 3.05) is 13.1 Å². The third-order valence-electron chi connectivity index (χ3n) is 3.52. The molecule has 1 fully saturated rings. The minimum Gasteiger partial charge on any atom is -0.341 e. The largest absolute Gasteiger partial charge is 0.341 e. The summed E-state index contributed by atoms with van der Waals surface area (Å²) in [6.07, 6.45) is 1.51. The van der Waals surface area contributed by atoms with E-state index in [-0.39, 0.29) is 11.9 Å². The van der Waals surface area contributed by atoms with Gasteiger partial charge in [0.2, 0.25) is 5.91 Å². The van der Waals surface area contributed by atoms with Gasteiger partial charge >= 0.3 is 0 Å². The molecule has 0 bridgehead atoms. The highest BCUT2D eigenvalue weighted by atomic mass is 16.2. The number of nitrogens with zero attached hydrogens (tertiary/aromatic N) is 1. The number of benzene rings is 1. The molecule has 1 aliphatic heterocycles. The first-order valence-corrected chi connectivity index (χ1v) is 6.63. The summed E-state index contributed by atoms with van der Waals surface area (Å²) in [6, 6.07) is 8.29. The van der Waals surface area contributed by atoms with E-state index in [1.165, 1.54) is 5.56 Å². The number of nitrogens with two attached hydrogens (primary N) is 1. The molecule has 98 valence electrons. The minimum atomic E-state index is 0.135. The topological polar surface area (TPSA) is 46.3 Å². The number of piperidine rings is 1. The SMILES string of the molecule is Cc1ccc(CC(=O)N2CC(C)CC(N)C2)cc1. The first kappa shape index (κ1) is 13.1. The number of rotatable bonds is 2. The number of aryl methyl sites for hydroxylation is 1. The fourth-order valence-corrected chi connectivity index (χ4v) is 2.60. The van der Waals surface area contributed by atoms with Crippen molar-refractivity contribution in [2.24, 2.45) is 11.7 Å². The third kappa shape index (κ3) is 3.33. The zero-order valence-electron chi connectivity index (χ0n) is 11.2. The van der Waals surface area contributed by atoms with Gasteiger partial charge in [-0.25, -0.2) is 0 Å². The Hall–Kier alpha value is -1.35. The van der Waals surface area contributed by atoms with Crippen molar-refractivity contribution in [3.8, 4) is 0 Å². The highest BCUT2D eigenvalue weighted by Gasteiger charge is 2.25. The Morgan fingerprint density at radius 2 is 2.00 bits per heavy atom. The molecular weight excluding hydrogens is 224 g/mol. The Morgan fingerprint density at radius 3 is 2.61 bits per heavy atom. The number of hydrogen-bond donors (Lipinski definition) is 1. The van der Waals surface area contributed by atoms with Crippen LogP contribution in [0.2, 0.25) is 0 Å². The number of hydrogen-bond acceptors (Lipinski definition) is 2. The van der Waals surface area contributed by atoms with Gasteiger partial charge in [-0.3, -0.25) is 4.79 Å². The zero-order valence-corrected chi connectivity index (χ0v) is 11.2. The van der Waals surface area contributed by atoms with E-state index in [9.17, 15) is 4.79 Å². The van der Waals surface area contributed by atoms with E-state index in [4.69, 9.17) is 5.73 Å². The van der Waals surface area contributed by atoms with Gasteiger partial charge < -0.3 is 10.6 Å². The predicted octanol–water partition coefficient (Wildman–Crippen LogP) is 1.73. The van der Waals surface area contributed by atoms with Crippen LogP contribution in [-0.4, -0.2) is 29.9 Å². The van der Waals surface area contributed by atoms with Gasteiger partial charge in [-0.05, 0) is 24.8 Å². The minimum absolute atomic E-state index is 0.135. The van der Waals surface area contributed by atoms with Crippen LogP contribution in [-0.2, 0) is 11.2 Å². The highest BCUT2D eigenvalue weighted by Crippen LogP contribution is 2.16. The average Bonchev–Trinajstić information content (AvgIpc) is 2.31. The molecular formula is C15H22N2O. The molecule has 2 unspecified atom stereocenters. The second-order valence-electron chi connectivity index (χ2n) is 5.56. The van der Waals surface area contributed by atoms with Gasteiger partial charge in [0.1, 0.15) is 0 Å². The molecule has 0 saturated carbocycles. The fourth-order valence-electron chi connectivity index (χ4n) is 2.60. The molecule has 2 rings (SSSR count). The van der Waals surface area contributed by atoms with Crippen molar-refractivity contribution >= 4 is 5.91 Å². The lowest BCUT2D eigenvalue weighted by Crippen LogP contribution is -2.49. The monoisotopic (exact) mass is 246 g/mol. The number of amides is 1. The molecule has 0 aliphatic carbocycles. The summed E-state index contributed by atoms with van der Waals surface area (Å²) >= 11 is 0. The van der Waals surface area contributed by atoms with Crippen molar-refractivity contribution in [2.45, 2.75) is 32.7 Å². The van der Waals surface area contributed by atoms with E-state index < -0.39 is 0 Å². The van der Waals surface area contributed by atoms with Gasteiger partial charge in [0.25, 0.3) is 0 Å². The predicted molar refractivity (Wildman–Crippen MR) is 73.2 cm³/mol. The lowest BCUT2D eigenvalue weighted by molar-refractivity contribution is -0.132. The quantitative estimate of drug-likeness (QED) is 0.864. The van der Waals surface area contributed by atoms with Crippen LogP contribution in [0, 0.1) is 12.8 Å². The normalized spacial score (nSPS) is 24.1. The smallest absolute Gasteiger partial charge is 0.227 e. The van der Waals surface area contributed by atoms with E-state index >= 15 is 0 Å². The Balaban J connectivity index is 1.97. The number of carbonyl (C=O) groups excluding carboxylic acids is 1. The molecule has 1 aromatic carbocycles. The lowest BCUT2D eigenvalue weighted by Gasteiger charge is -2.34. The Bertz CT molecular complexity index is 403. The van der Waals surface area contributed by atoms with Crippen molar-refractivity contribution < 1.29 is 4.79 Å². The Kier molecular flexibility index (Phi) is 4.02. The summed E-state index contributed by atoms with van der Waals surface area (Å²) in [7, 11) is 0. The molecule has 18 heavy (non-hydrogen) atoms. The maximum Gasteiger partial charge on any atom is 0.227 e. The van der Waals surface area contributed by atoms with E-state index in [1.54, 1.807) is 0 Å². The van der Waals surface area contributed by atoms with Gasteiger partial charge in [-0.2, -0.15) is 0 Å². The van der Waals surface area contributed by atoms with E-state index in [2.05, 4.69) is 13.8 Å². The molecule has 0 radical (unpaired) electrons. The van der Waals surface area contributed by atoms with E-state index in [0.29, 0.717) is 18.9 Å². The summed E-state index contributed by atoms with van der Waals surface area (Å²) in [6.45, 7) is 5.76. The van der Waals surface area contributed by atoms with Gasteiger partial charge in [0, 0.05) is 19.1 Å². The first-order valence-electron chi connectivity index (χ1n) is 6.63. The van der Waals surface area contributed by atoms with Crippen LogP contribution in [0.15, 0.2) is 24.3 Å². The summed E-state index contributed by atoms with van der Waals surface area (Å²) in [5.41, 5.74) is 8.28. The first-order chi connectivity index (χ1) is 8.54. The van der Waals surface area contributed by atoms with Crippen molar-refractivity contribution in [1.82, 2.24) is 4.90 Å². The molecule has 1 amide bonds. The van der Waals surface area contributed by atoms with Crippen LogP contribution >= 0.6 is 0 Å². The average molecular weight is 246 g/mol. The molecule has 0 spiro atoms. The van der Waals surface area contributed by atoms with Gasteiger partial charge in [-0.15, -0.1) is 0 Å². The molecule has 0 aromatic heterocycles. The fraction of sp³-hybridized carbons (Fsp3) is 0.533. The second kappa shape index (κ2) is 5.53. The molecule has 2 N–H and O–H groups in total. The molecule has 1 aliphatic rings. The van der Waals surface area contributed by atoms with Crippen molar-refractivity contribution in [3.05, 3.63) is 35.4 Å². The second-order valence-corrected chi connectivity index (χ2v) is 5.56. The zero-order chi connectivity index (χ0) is 13.1. The van der Waals surface area contributed by atoms with Gasteiger partial charge in [0.05, 0.1) is 6.42 Å². The van der Waals surface area contributed by atoms with Crippen LogP contribution in [0.4, 0.5) is 0 Å². The van der Waals surface area contributed by atoms with Gasteiger partial charge in [0.15, 0.2) is 0 Å². The summed E-state index contributed by atoms with van der Waals surface area (Å²) in [5, 5.41) is 0. The van der Waals surface area contributed by atoms with Crippen LogP contribution in [0.5, 0.6) is 0 Å². The Morgan fingerprint density at radius 1 is 1.33 bits per heavy atom. The lowest BCUT2D eigenvalue weighted by atomic mass is 9.96. The van der Waals surface area contributed by atoms with Crippen LogP contribution in [0.3, 0.4) is 0 Å². The number of carbonyl (C=O) groups is 1. The van der Waals surface area contributed by atoms with Crippen molar-refractivity contribution in [1.29, 1.82) is 0 Å². The highest BCUT2D eigenvalue weighted by molar-refractivity contribution is 5.79. The van der Waals surface area contributed by atoms with Crippen molar-refractivity contribution in [3.63, 3.8) is 0 Å². The molecule has 2 atom stereocenters. The molecule has 3 nitrogen and oxygen atoms in total. The molecule has 1 aromatic rings. The van der Waals surface area contributed by atoms with E-state index in [0.717, 1.165) is 18.5 Å².